The quantitative estimate of drug-likeness (QED) is 0.680. The Morgan fingerprint density at radius 2 is 2.22 bits per heavy atom. The molecule has 118 valence electrons. The molecular weight excluding hydrogens is 292 g/mol. The van der Waals surface area contributed by atoms with Crippen molar-refractivity contribution in [3.63, 3.8) is 0 Å². The van der Waals surface area contributed by atoms with Crippen LogP contribution in [0.25, 0.3) is 6.08 Å². The first-order chi connectivity index (χ1) is 11.1. The fraction of sp³-hybridized carbons (Fsp3) is 0.235. The van der Waals surface area contributed by atoms with Crippen molar-refractivity contribution in [2.24, 2.45) is 0 Å². The van der Waals surface area contributed by atoms with Crippen LogP contribution in [0.1, 0.15) is 18.2 Å². The van der Waals surface area contributed by atoms with E-state index in [9.17, 15) is 10.1 Å². The Balaban J connectivity index is 2.26. The summed E-state index contributed by atoms with van der Waals surface area (Å²) < 4.78 is 6.94. The van der Waals surface area contributed by atoms with Gasteiger partial charge in [0.25, 0.3) is 5.91 Å². The number of benzene rings is 1. The number of amides is 1. The fourth-order valence-electron chi connectivity index (χ4n) is 2.08. The predicted octanol–water partition coefficient (Wildman–Crippen LogP) is 2.77. The van der Waals surface area contributed by atoms with E-state index in [2.05, 4.69) is 10.4 Å². The third-order valence-corrected chi connectivity index (χ3v) is 3.33. The van der Waals surface area contributed by atoms with Crippen molar-refractivity contribution in [1.82, 2.24) is 9.78 Å². The van der Waals surface area contributed by atoms with Crippen LogP contribution in [0.5, 0.6) is 5.75 Å². The van der Waals surface area contributed by atoms with Crippen LogP contribution in [-0.4, -0.2) is 22.8 Å². The minimum absolute atomic E-state index is 0.00894. The number of nitrogens with one attached hydrogen (secondary N) is 1. The number of carbonyl (C=O) groups excluding carboxylic acids is 1. The van der Waals surface area contributed by atoms with Gasteiger partial charge < -0.3 is 10.1 Å². The van der Waals surface area contributed by atoms with Gasteiger partial charge in [-0.15, -0.1) is 0 Å². The summed E-state index contributed by atoms with van der Waals surface area (Å²) >= 11 is 0. The molecule has 1 aromatic heterocycles. The Morgan fingerprint density at radius 3 is 2.83 bits per heavy atom. The minimum atomic E-state index is -0.486. The topological polar surface area (TPSA) is 79.9 Å². The Kier molecular flexibility index (Phi) is 5.15. The highest BCUT2D eigenvalue weighted by molar-refractivity contribution is 6.10. The van der Waals surface area contributed by atoms with Gasteiger partial charge in [-0.05, 0) is 32.1 Å². The lowest BCUT2D eigenvalue weighted by Crippen LogP contribution is -2.14. The molecule has 2 rings (SSSR count). The van der Waals surface area contributed by atoms with Gasteiger partial charge in [-0.1, -0.05) is 12.1 Å². The molecule has 0 fully saturated rings. The molecule has 0 saturated carbocycles. The molecule has 23 heavy (non-hydrogen) atoms. The Hall–Kier alpha value is -3.07. The van der Waals surface area contributed by atoms with Crippen LogP contribution in [0, 0.1) is 18.3 Å². The second kappa shape index (κ2) is 7.27. The number of rotatable bonds is 5. The van der Waals surface area contributed by atoms with E-state index in [-0.39, 0.29) is 5.57 Å². The van der Waals surface area contributed by atoms with Gasteiger partial charge in [0.1, 0.15) is 17.4 Å². The summed E-state index contributed by atoms with van der Waals surface area (Å²) in [6.45, 7) is 4.54. The van der Waals surface area contributed by atoms with Crippen LogP contribution in [-0.2, 0) is 11.3 Å². The number of hydrogen-bond donors (Lipinski definition) is 1. The number of para-hydroxylation sites is 2. The average Bonchev–Trinajstić information content (AvgIpc) is 2.93. The lowest BCUT2D eigenvalue weighted by molar-refractivity contribution is -0.112. The third kappa shape index (κ3) is 3.77. The maximum atomic E-state index is 12.3. The number of anilines is 1. The highest BCUT2D eigenvalue weighted by atomic mass is 16.5. The van der Waals surface area contributed by atoms with Crippen molar-refractivity contribution < 1.29 is 9.53 Å². The lowest BCUT2D eigenvalue weighted by atomic mass is 10.1. The van der Waals surface area contributed by atoms with E-state index in [0.29, 0.717) is 11.4 Å². The first-order valence-corrected chi connectivity index (χ1v) is 7.19. The number of nitrogens with zero attached hydrogens (tertiary/aromatic N) is 3. The smallest absolute Gasteiger partial charge is 0.266 e. The van der Waals surface area contributed by atoms with E-state index in [0.717, 1.165) is 17.8 Å². The molecule has 0 aliphatic heterocycles. The monoisotopic (exact) mass is 310 g/mol. The van der Waals surface area contributed by atoms with Gasteiger partial charge in [0, 0.05) is 18.3 Å². The first-order valence-electron chi connectivity index (χ1n) is 7.19. The average molecular weight is 310 g/mol. The van der Waals surface area contributed by atoms with Crippen LogP contribution in [0.3, 0.4) is 0 Å². The van der Waals surface area contributed by atoms with Crippen LogP contribution in [0.2, 0.25) is 0 Å². The van der Waals surface area contributed by atoms with Gasteiger partial charge in [0.05, 0.1) is 18.5 Å². The van der Waals surface area contributed by atoms with Crippen molar-refractivity contribution in [3.05, 3.63) is 47.3 Å². The zero-order chi connectivity index (χ0) is 16.8. The van der Waals surface area contributed by atoms with Crippen molar-refractivity contribution >= 4 is 17.7 Å². The number of hydrogen-bond acceptors (Lipinski definition) is 4. The molecule has 1 aromatic carbocycles. The maximum absolute atomic E-state index is 12.3. The van der Waals surface area contributed by atoms with E-state index >= 15 is 0 Å². The molecule has 6 nitrogen and oxygen atoms in total. The Bertz CT molecular complexity index is 784. The number of methoxy groups -OCH3 is 1. The number of ether oxygens (including phenoxy) is 1. The van der Waals surface area contributed by atoms with E-state index in [1.54, 1.807) is 35.0 Å². The van der Waals surface area contributed by atoms with Gasteiger partial charge in [-0.25, -0.2) is 0 Å². The second-order valence-corrected chi connectivity index (χ2v) is 4.85. The predicted molar refractivity (Wildman–Crippen MR) is 87.9 cm³/mol. The molecule has 0 unspecified atom stereocenters. The minimum Gasteiger partial charge on any atom is -0.495 e. The van der Waals surface area contributed by atoms with Gasteiger partial charge in [-0.3, -0.25) is 9.48 Å². The first kappa shape index (κ1) is 16.3. The largest absolute Gasteiger partial charge is 0.495 e. The van der Waals surface area contributed by atoms with Crippen molar-refractivity contribution in [2.45, 2.75) is 20.4 Å². The molecule has 0 spiro atoms. The molecule has 0 aliphatic rings. The molecule has 1 N–H and O–H groups in total. The molecule has 1 amide bonds. The van der Waals surface area contributed by atoms with Crippen LogP contribution in [0.4, 0.5) is 5.69 Å². The zero-order valence-corrected chi connectivity index (χ0v) is 13.3. The van der Waals surface area contributed by atoms with Gasteiger partial charge in [0.15, 0.2) is 0 Å². The number of carbonyl (C=O) groups is 1. The number of aromatic nitrogens is 2. The summed E-state index contributed by atoms with van der Waals surface area (Å²) in [7, 11) is 1.52. The van der Waals surface area contributed by atoms with Crippen molar-refractivity contribution in [1.29, 1.82) is 5.26 Å². The summed E-state index contributed by atoms with van der Waals surface area (Å²) in [6.07, 6.45) is 3.35. The van der Waals surface area contributed by atoms with Gasteiger partial charge >= 0.3 is 0 Å². The molecule has 1 heterocycles. The van der Waals surface area contributed by atoms with Crippen LogP contribution >= 0.6 is 0 Å². The maximum Gasteiger partial charge on any atom is 0.266 e. The van der Waals surface area contributed by atoms with Crippen molar-refractivity contribution in [3.8, 4) is 11.8 Å². The summed E-state index contributed by atoms with van der Waals surface area (Å²) in [5, 5.41) is 16.3. The van der Waals surface area contributed by atoms with Gasteiger partial charge in [0.2, 0.25) is 0 Å². The van der Waals surface area contributed by atoms with E-state index in [1.807, 2.05) is 26.1 Å². The molecule has 2 aromatic rings. The van der Waals surface area contributed by atoms with Crippen molar-refractivity contribution in [2.75, 3.05) is 12.4 Å². The summed E-state index contributed by atoms with van der Waals surface area (Å²) in [5.74, 6) is 0.0498. The number of nitriles is 1. The molecule has 0 radical (unpaired) electrons. The lowest BCUT2D eigenvalue weighted by Gasteiger charge is -2.09. The van der Waals surface area contributed by atoms with E-state index in [4.69, 9.17) is 4.74 Å². The standard InChI is InChI=1S/C17H18N4O2/c1-4-21-11-14(12(2)20-21)9-13(10-18)17(22)19-15-7-5-6-8-16(15)23-3/h5-9,11H,4H2,1-3H3,(H,19,22)/b13-9+. The Morgan fingerprint density at radius 1 is 1.48 bits per heavy atom. The molecule has 0 saturated heterocycles. The van der Waals surface area contributed by atoms with Gasteiger partial charge in [-0.2, -0.15) is 10.4 Å². The normalized spacial score (nSPS) is 11.0. The summed E-state index contributed by atoms with van der Waals surface area (Å²) in [4.78, 5) is 12.3. The van der Waals surface area contributed by atoms with Crippen LogP contribution in [0.15, 0.2) is 36.0 Å². The number of aryl methyl sites for hydroxylation is 2. The summed E-state index contributed by atoms with van der Waals surface area (Å²) in [6, 6.07) is 8.97. The third-order valence-electron chi connectivity index (χ3n) is 3.33. The fourth-order valence-corrected chi connectivity index (χ4v) is 2.08. The second-order valence-electron chi connectivity index (χ2n) is 4.85. The summed E-state index contributed by atoms with van der Waals surface area (Å²) in [5.41, 5.74) is 2.04. The molecule has 0 bridgehead atoms. The van der Waals surface area contributed by atoms with Crippen LogP contribution < -0.4 is 10.1 Å². The van der Waals surface area contributed by atoms with E-state index in [1.165, 1.54) is 7.11 Å². The molecule has 6 heteroatoms. The molecular formula is C17H18N4O2. The Labute approximate surface area is 135 Å². The molecule has 0 atom stereocenters. The zero-order valence-electron chi connectivity index (χ0n) is 13.3. The highest BCUT2D eigenvalue weighted by Crippen LogP contribution is 2.23. The molecule has 0 aliphatic carbocycles. The SMILES string of the molecule is CCn1cc(/C=C(\C#N)C(=O)Nc2ccccc2OC)c(C)n1. The van der Waals surface area contributed by atoms with E-state index < -0.39 is 5.91 Å². The highest BCUT2D eigenvalue weighted by Gasteiger charge is 2.13.